The van der Waals surface area contributed by atoms with Gasteiger partial charge in [0.2, 0.25) is 17.6 Å². The smallest absolute Gasteiger partial charge is 0.252 e. The van der Waals surface area contributed by atoms with Crippen LogP contribution in [0.2, 0.25) is 0 Å². The summed E-state index contributed by atoms with van der Waals surface area (Å²) in [7, 11) is 0. The molecular formula is C25H28N8O5. The first-order chi connectivity index (χ1) is 18.0. The van der Waals surface area contributed by atoms with E-state index in [0.717, 1.165) is 21.2 Å². The molecule has 4 aliphatic rings. The average Bonchev–Trinajstić information content (AvgIpc) is 3.46. The van der Waals surface area contributed by atoms with E-state index in [1.165, 1.54) is 4.90 Å². The summed E-state index contributed by atoms with van der Waals surface area (Å²) in [5.74, 6) is -3.96. The molecule has 2 fully saturated rings. The number of aliphatic hydroxyl groups is 2. The zero-order chi connectivity index (χ0) is 27.0. The van der Waals surface area contributed by atoms with Crippen molar-refractivity contribution in [2.45, 2.75) is 49.3 Å². The fraction of sp³-hybridized carbons (Fsp3) is 0.400. The Kier molecular flexibility index (Phi) is 5.16. The van der Waals surface area contributed by atoms with Gasteiger partial charge >= 0.3 is 0 Å². The second-order valence-corrected chi connectivity index (χ2v) is 10.2. The number of imide groups is 1. The minimum Gasteiger partial charge on any atom is -0.370 e. The Morgan fingerprint density at radius 1 is 1.16 bits per heavy atom. The van der Waals surface area contributed by atoms with E-state index in [-0.39, 0.29) is 49.7 Å². The van der Waals surface area contributed by atoms with Gasteiger partial charge in [-0.15, -0.1) is 0 Å². The largest absolute Gasteiger partial charge is 0.370 e. The fourth-order valence-corrected chi connectivity index (χ4v) is 6.07. The summed E-state index contributed by atoms with van der Waals surface area (Å²) in [6, 6.07) is 7.94. The van der Waals surface area contributed by atoms with Crippen LogP contribution in [0.3, 0.4) is 0 Å². The third-order valence-electron chi connectivity index (χ3n) is 7.91. The number of rotatable bonds is 4. The lowest BCUT2D eigenvalue weighted by molar-refractivity contribution is -0.230. The van der Waals surface area contributed by atoms with Crippen LogP contribution in [0.5, 0.6) is 0 Å². The van der Waals surface area contributed by atoms with Gasteiger partial charge in [0, 0.05) is 24.9 Å². The Balaban J connectivity index is 1.33. The minimum atomic E-state index is -2.63. The molecule has 0 bridgehead atoms. The van der Waals surface area contributed by atoms with Crippen molar-refractivity contribution in [3.63, 3.8) is 0 Å². The molecule has 38 heavy (non-hydrogen) atoms. The van der Waals surface area contributed by atoms with Crippen molar-refractivity contribution in [1.82, 2.24) is 20.4 Å². The van der Waals surface area contributed by atoms with Gasteiger partial charge in [0.05, 0.1) is 12.6 Å². The number of carbonyl (C=O) groups is 3. The third kappa shape index (κ3) is 3.28. The van der Waals surface area contributed by atoms with Gasteiger partial charge < -0.3 is 37.2 Å². The lowest BCUT2D eigenvalue weighted by Gasteiger charge is -2.49. The molecule has 6 rings (SSSR count). The average molecular weight is 521 g/mol. The molecule has 198 valence electrons. The van der Waals surface area contributed by atoms with Crippen molar-refractivity contribution >= 4 is 40.4 Å². The zero-order valence-electron chi connectivity index (χ0n) is 20.6. The standard InChI is InChI=1S/C25H28N8O5/c1-12-5-6-13-3-2-4-14(15(13)9-12)21(36)29-17-11-33-23(27)28-16(10-32-18(34)7-8-19(32)35)20-24(33,25(17,37)38)31-22(26)30-20/h2-6,9,16-17,20,37-38H,7-8,10-11H2,1H3,(H2,27,28)(H,29,36)(H3,26,30,31)/t16-,17?,20-,24-/m0/s1. The first-order valence-electron chi connectivity index (χ1n) is 12.3. The van der Waals surface area contributed by atoms with E-state index < -0.39 is 35.5 Å². The lowest BCUT2D eigenvalue weighted by Crippen LogP contribution is -2.78. The number of amides is 3. The Labute approximate surface area is 217 Å². The maximum Gasteiger partial charge on any atom is 0.252 e. The molecule has 4 atom stereocenters. The molecule has 4 heterocycles. The van der Waals surface area contributed by atoms with Crippen LogP contribution in [0, 0.1) is 6.92 Å². The molecule has 0 saturated carbocycles. The zero-order valence-corrected chi connectivity index (χ0v) is 20.6. The lowest BCUT2D eigenvalue weighted by atomic mass is 9.84. The molecule has 3 amide bonds. The molecule has 13 heteroatoms. The SMILES string of the molecule is Cc1ccc2cccc(C(=O)NC3CN4C(N)=N[C@@H](CN5C(=O)CCC5=O)[C@@H]5N=C(N)N[C@@]54C3(O)O)c2c1. The Hall–Kier alpha value is -4.23. The first-order valence-corrected chi connectivity index (χ1v) is 12.3. The van der Waals surface area contributed by atoms with Crippen molar-refractivity contribution < 1.29 is 24.6 Å². The Bertz CT molecular complexity index is 1440. The second kappa shape index (κ2) is 8.13. The highest BCUT2D eigenvalue weighted by Crippen LogP contribution is 2.45. The van der Waals surface area contributed by atoms with Gasteiger partial charge in [-0.25, -0.2) is 9.98 Å². The number of nitrogens with zero attached hydrogens (tertiary/aromatic N) is 4. The van der Waals surface area contributed by atoms with Crippen LogP contribution in [0.25, 0.3) is 10.8 Å². The van der Waals surface area contributed by atoms with Crippen LogP contribution in [-0.4, -0.2) is 92.3 Å². The monoisotopic (exact) mass is 520 g/mol. The first kappa shape index (κ1) is 24.1. The van der Waals surface area contributed by atoms with Crippen LogP contribution in [-0.2, 0) is 9.59 Å². The molecule has 1 unspecified atom stereocenters. The summed E-state index contributed by atoms with van der Waals surface area (Å²) in [6.07, 6.45) is 0.199. The van der Waals surface area contributed by atoms with Gasteiger partial charge in [-0.05, 0) is 23.8 Å². The number of nitrogens with two attached hydrogens (primary N) is 2. The molecule has 2 aromatic rings. The Morgan fingerprint density at radius 2 is 1.89 bits per heavy atom. The molecule has 0 radical (unpaired) electrons. The van der Waals surface area contributed by atoms with E-state index >= 15 is 0 Å². The van der Waals surface area contributed by atoms with E-state index in [9.17, 15) is 24.6 Å². The van der Waals surface area contributed by atoms with Crippen molar-refractivity contribution in [3.05, 3.63) is 47.5 Å². The van der Waals surface area contributed by atoms with Crippen molar-refractivity contribution in [2.24, 2.45) is 21.5 Å². The van der Waals surface area contributed by atoms with Crippen LogP contribution >= 0.6 is 0 Å². The molecular weight excluding hydrogens is 492 g/mol. The predicted molar refractivity (Wildman–Crippen MR) is 136 cm³/mol. The molecule has 1 spiro atoms. The summed E-state index contributed by atoms with van der Waals surface area (Å²) in [5, 5.41) is 30.5. The van der Waals surface area contributed by atoms with Crippen LogP contribution in [0.15, 0.2) is 46.4 Å². The number of nitrogens with one attached hydrogen (secondary N) is 2. The summed E-state index contributed by atoms with van der Waals surface area (Å²) < 4.78 is 0. The molecule has 4 aliphatic heterocycles. The van der Waals surface area contributed by atoms with E-state index in [4.69, 9.17) is 11.5 Å². The van der Waals surface area contributed by atoms with Gasteiger partial charge in [0.1, 0.15) is 12.1 Å². The van der Waals surface area contributed by atoms with Gasteiger partial charge in [0.25, 0.3) is 5.91 Å². The van der Waals surface area contributed by atoms with E-state index in [2.05, 4.69) is 20.6 Å². The molecule has 2 aromatic carbocycles. The summed E-state index contributed by atoms with van der Waals surface area (Å²) in [6.45, 7) is 1.67. The number of aliphatic imine (C=N–C) groups is 2. The summed E-state index contributed by atoms with van der Waals surface area (Å²) >= 11 is 0. The fourth-order valence-electron chi connectivity index (χ4n) is 6.07. The molecule has 0 aromatic heterocycles. The highest BCUT2D eigenvalue weighted by atomic mass is 16.5. The van der Waals surface area contributed by atoms with Crippen LogP contribution < -0.4 is 22.1 Å². The van der Waals surface area contributed by atoms with E-state index in [0.29, 0.717) is 5.56 Å². The number of guanidine groups is 2. The van der Waals surface area contributed by atoms with Gasteiger partial charge in [-0.2, -0.15) is 0 Å². The van der Waals surface area contributed by atoms with E-state index in [1.54, 1.807) is 12.1 Å². The summed E-state index contributed by atoms with van der Waals surface area (Å²) in [4.78, 5) is 49.3. The molecule has 8 N–H and O–H groups in total. The third-order valence-corrected chi connectivity index (χ3v) is 7.91. The van der Waals surface area contributed by atoms with Crippen molar-refractivity contribution in [1.29, 1.82) is 0 Å². The number of hydrogen-bond donors (Lipinski definition) is 6. The van der Waals surface area contributed by atoms with Gasteiger partial charge in [-0.3, -0.25) is 19.3 Å². The van der Waals surface area contributed by atoms with Gasteiger partial charge in [-0.1, -0.05) is 35.9 Å². The molecule has 13 nitrogen and oxygen atoms in total. The van der Waals surface area contributed by atoms with E-state index in [1.807, 2.05) is 31.2 Å². The number of carbonyl (C=O) groups excluding carboxylic acids is 3. The molecule has 0 aliphatic carbocycles. The maximum atomic E-state index is 13.5. The van der Waals surface area contributed by atoms with Crippen LogP contribution in [0.1, 0.15) is 28.8 Å². The number of fused-ring (bicyclic) bond motifs is 1. The Morgan fingerprint density at radius 3 is 2.63 bits per heavy atom. The predicted octanol–water partition coefficient (Wildman–Crippen LogP) is -1.93. The number of likely N-dealkylation sites (tertiary alicyclic amines) is 1. The number of aryl methyl sites for hydroxylation is 1. The highest BCUT2D eigenvalue weighted by Gasteiger charge is 2.73. The quantitative estimate of drug-likeness (QED) is 0.196. The van der Waals surface area contributed by atoms with Crippen molar-refractivity contribution in [3.8, 4) is 0 Å². The normalized spacial score (nSPS) is 29.6. The number of hydrogen-bond acceptors (Lipinski definition) is 11. The maximum absolute atomic E-state index is 13.5. The topological polar surface area (TPSA) is 199 Å². The minimum absolute atomic E-state index is 0.0623. The highest BCUT2D eigenvalue weighted by molar-refractivity contribution is 6.07. The second-order valence-electron chi connectivity index (χ2n) is 10.2. The van der Waals surface area contributed by atoms with Crippen molar-refractivity contribution in [2.75, 3.05) is 13.1 Å². The summed E-state index contributed by atoms with van der Waals surface area (Å²) in [5.41, 5.74) is 11.9. The molecule has 2 saturated heterocycles. The van der Waals surface area contributed by atoms with Gasteiger partial charge in [0.15, 0.2) is 17.6 Å². The number of benzene rings is 2. The van der Waals surface area contributed by atoms with Crippen LogP contribution in [0.4, 0.5) is 0 Å².